The van der Waals surface area contributed by atoms with Crippen LogP contribution in [0.3, 0.4) is 0 Å². The van der Waals surface area contributed by atoms with Crippen molar-refractivity contribution in [3.63, 3.8) is 0 Å². The summed E-state index contributed by atoms with van der Waals surface area (Å²) in [5.41, 5.74) is 2.13. The summed E-state index contributed by atoms with van der Waals surface area (Å²) < 4.78 is 5.29. The van der Waals surface area contributed by atoms with E-state index in [4.69, 9.17) is 4.74 Å². The number of morpholine rings is 1. The van der Waals surface area contributed by atoms with Crippen molar-refractivity contribution in [1.82, 2.24) is 19.7 Å². The standard InChI is InChI=1S/C22H26N4O3/c27-21(25-10-8-24(9-11-25)17-18-4-2-1-3-5-18)19-6-7-23-20(16-19)22(28)26-12-14-29-15-13-26/h1-7,16H,8-15,17H2. The van der Waals surface area contributed by atoms with Crippen LogP contribution in [0, 0.1) is 0 Å². The van der Waals surface area contributed by atoms with Crippen LogP contribution in [0.25, 0.3) is 0 Å². The fourth-order valence-corrected chi connectivity index (χ4v) is 3.74. The number of carbonyl (C=O) groups excluding carboxylic acids is 2. The lowest BCUT2D eigenvalue weighted by atomic mass is 10.1. The second-order valence-electron chi connectivity index (χ2n) is 7.39. The number of aromatic nitrogens is 1. The van der Waals surface area contributed by atoms with Crippen LogP contribution >= 0.6 is 0 Å². The van der Waals surface area contributed by atoms with Gasteiger partial charge in [0.05, 0.1) is 13.2 Å². The van der Waals surface area contributed by atoms with Gasteiger partial charge in [-0.25, -0.2) is 0 Å². The van der Waals surface area contributed by atoms with Gasteiger partial charge in [0.25, 0.3) is 11.8 Å². The molecule has 29 heavy (non-hydrogen) atoms. The molecule has 0 unspecified atom stereocenters. The Morgan fingerprint density at radius 2 is 1.55 bits per heavy atom. The van der Waals surface area contributed by atoms with E-state index in [9.17, 15) is 9.59 Å². The molecule has 7 nitrogen and oxygen atoms in total. The molecule has 7 heteroatoms. The first-order valence-corrected chi connectivity index (χ1v) is 10.1. The molecule has 0 N–H and O–H groups in total. The van der Waals surface area contributed by atoms with Crippen molar-refractivity contribution < 1.29 is 14.3 Å². The van der Waals surface area contributed by atoms with Gasteiger partial charge in [-0.05, 0) is 17.7 Å². The Kier molecular flexibility index (Phi) is 6.17. The second kappa shape index (κ2) is 9.15. The summed E-state index contributed by atoms with van der Waals surface area (Å²) in [6.07, 6.45) is 1.55. The second-order valence-corrected chi connectivity index (χ2v) is 7.39. The summed E-state index contributed by atoms with van der Waals surface area (Å²) in [5.74, 6) is -0.182. The van der Waals surface area contributed by atoms with Gasteiger partial charge in [0.15, 0.2) is 0 Å². The highest BCUT2D eigenvalue weighted by atomic mass is 16.5. The van der Waals surface area contributed by atoms with E-state index in [1.54, 1.807) is 23.2 Å². The number of ether oxygens (including phenoxy) is 1. The zero-order chi connectivity index (χ0) is 20.1. The number of rotatable bonds is 4. The first-order chi connectivity index (χ1) is 14.2. The zero-order valence-corrected chi connectivity index (χ0v) is 16.5. The molecule has 0 radical (unpaired) electrons. The molecule has 2 aromatic rings. The average molecular weight is 394 g/mol. The van der Waals surface area contributed by atoms with E-state index in [-0.39, 0.29) is 11.8 Å². The van der Waals surface area contributed by atoms with E-state index in [2.05, 4.69) is 22.0 Å². The van der Waals surface area contributed by atoms with Gasteiger partial charge >= 0.3 is 0 Å². The number of hydrogen-bond acceptors (Lipinski definition) is 5. The molecule has 0 saturated carbocycles. The van der Waals surface area contributed by atoms with Crippen molar-refractivity contribution in [2.45, 2.75) is 6.54 Å². The Labute approximate surface area is 170 Å². The molecule has 2 aliphatic rings. The Bertz CT molecular complexity index is 844. The Balaban J connectivity index is 1.35. The molecule has 0 spiro atoms. The van der Waals surface area contributed by atoms with Crippen LogP contribution in [0.15, 0.2) is 48.7 Å². The minimum Gasteiger partial charge on any atom is -0.378 e. The lowest BCUT2D eigenvalue weighted by Gasteiger charge is -2.34. The SMILES string of the molecule is O=C(c1ccnc(C(=O)N2CCOCC2)c1)N1CCN(Cc2ccccc2)CC1. The summed E-state index contributed by atoms with van der Waals surface area (Å²) in [7, 11) is 0. The highest BCUT2D eigenvalue weighted by Crippen LogP contribution is 2.13. The van der Waals surface area contributed by atoms with Crippen LogP contribution < -0.4 is 0 Å². The van der Waals surface area contributed by atoms with Crippen LogP contribution in [0.2, 0.25) is 0 Å². The van der Waals surface area contributed by atoms with Crippen molar-refractivity contribution in [1.29, 1.82) is 0 Å². The number of pyridine rings is 1. The molecule has 152 valence electrons. The Morgan fingerprint density at radius 1 is 0.862 bits per heavy atom. The van der Waals surface area contributed by atoms with Gasteiger partial charge in [-0.1, -0.05) is 30.3 Å². The highest BCUT2D eigenvalue weighted by molar-refractivity contribution is 5.98. The monoisotopic (exact) mass is 394 g/mol. The molecule has 0 bridgehead atoms. The molecular formula is C22H26N4O3. The maximum Gasteiger partial charge on any atom is 0.272 e. The Hall–Kier alpha value is -2.77. The summed E-state index contributed by atoms with van der Waals surface area (Å²) in [6, 6.07) is 13.7. The van der Waals surface area contributed by atoms with Gasteiger partial charge in [0.1, 0.15) is 5.69 Å². The number of nitrogens with zero attached hydrogens (tertiary/aromatic N) is 4. The first-order valence-electron chi connectivity index (χ1n) is 10.1. The van der Waals surface area contributed by atoms with Crippen LogP contribution in [0.4, 0.5) is 0 Å². The van der Waals surface area contributed by atoms with Crippen LogP contribution in [0.1, 0.15) is 26.4 Å². The smallest absolute Gasteiger partial charge is 0.272 e. The summed E-state index contributed by atoms with van der Waals surface area (Å²) in [6.45, 7) is 6.13. The van der Waals surface area contributed by atoms with E-state index in [1.807, 2.05) is 23.1 Å². The molecule has 1 aromatic heterocycles. The minimum absolute atomic E-state index is 0.0391. The van der Waals surface area contributed by atoms with Gasteiger partial charge in [-0.2, -0.15) is 0 Å². The van der Waals surface area contributed by atoms with Crippen LogP contribution in [-0.4, -0.2) is 84.0 Å². The van der Waals surface area contributed by atoms with Gasteiger partial charge in [0, 0.05) is 57.6 Å². The maximum atomic E-state index is 13.0. The van der Waals surface area contributed by atoms with Gasteiger partial charge in [-0.15, -0.1) is 0 Å². The number of hydrogen-bond donors (Lipinski definition) is 0. The normalized spacial score (nSPS) is 17.9. The number of benzene rings is 1. The maximum absolute atomic E-state index is 13.0. The van der Waals surface area contributed by atoms with Crippen molar-refractivity contribution in [2.75, 3.05) is 52.5 Å². The molecule has 2 saturated heterocycles. The van der Waals surface area contributed by atoms with Gasteiger partial charge in [-0.3, -0.25) is 19.5 Å². The quantitative estimate of drug-likeness (QED) is 0.787. The molecule has 2 amide bonds. The third-order valence-electron chi connectivity index (χ3n) is 5.43. The summed E-state index contributed by atoms with van der Waals surface area (Å²) >= 11 is 0. The predicted molar refractivity (Wildman–Crippen MR) is 109 cm³/mol. The van der Waals surface area contributed by atoms with Crippen LogP contribution in [0.5, 0.6) is 0 Å². The van der Waals surface area contributed by atoms with Gasteiger partial charge in [0.2, 0.25) is 0 Å². The third-order valence-corrected chi connectivity index (χ3v) is 5.43. The van der Waals surface area contributed by atoms with E-state index in [1.165, 1.54) is 5.56 Å². The topological polar surface area (TPSA) is 66.0 Å². The largest absolute Gasteiger partial charge is 0.378 e. The molecular weight excluding hydrogens is 368 g/mol. The summed E-state index contributed by atoms with van der Waals surface area (Å²) in [4.78, 5) is 35.7. The average Bonchev–Trinajstić information content (AvgIpc) is 2.80. The Morgan fingerprint density at radius 3 is 2.28 bits per heavy atom. The zero-order valence-electron chi connectivity index (χ0n) is 16.5. The number of carbonyl (C=O) groups is 2. The summed E-state index contributed by atoms with van der Waals surface area (Å²) in [5, 5.41) is 0. The lowest BCUT2D eigenvalue weighted by Crippen LogP contribution is -2.48. The predicted octanol–water partition coefficient (Wildman–Crippen LogP) is 1.51. The van der Waals surface area contributed by atoms with Crippen molar-refractivity contribution in [3.8, 4) is 0 Å². The number of amides is 2. The first kappa shape index (κ1) is 19.5. The van der Waals surface area contributed by atoms with E-state index in [0.29, 0.717) is 50.7 Å². The third kappa shape index (κ3) is 4.81. The molecule has 2 aliphatic heterocycles. The lowest BCUT2D eigenvalue weighted by molar-refractivity contribution is 0.0299. The van der Waals surface area contributed by atoms with Gasteiger partial charge < -0.3 is 14.5 Å². The molecule has 3 heterocycles. The molecule has 2 fully saturated rings. The van der Waals surface area contributed by atoms with Crippen molar-refractivity contribution in [3.05, 3.63) is 65.5 Å². The van der Waals surface area contributed by atoms with E-state index >= 15 is 0 Å². The van der Waals surface area contributed by atoms with Crippen molar-refractivity contribution in [2.24, 2.45) is 0 Å². The highest BCUT2D eigenvalue weighted by Gasteiger charge is 2.24. The fraction of sp³-hybridized carbons (Fsp3) is 0.409. The molecule has 4 rings (SSSR count). The molecule has 0 atom stereocenters. The van der Waals surface area contributed by atoms with E-state index in [0.717, 1.165) is 19.6 Å². The van der Waals surface area contributed by atoms with E-state index < -0.39 is 0 Å². The van der Waals surface area contributed by atoms with Crippen molar-refractivity contribution >= 4 is 11.8 Å². The minimum atomic E-state index is -0.143. The van der Waals surface area contributed by atoms with Crippen LogP contribution in [-0.2, 0) is 11.3 Å². The molecule has 1 aromatic carbocycles. The fourth-order valence-electron chi connectivity index (χ4n) is 3.74. The molecule has 0 aliphatic carbocycles. The number of piperazine rings is 1.